The number of hydrogen-bond acceptors (Lipinski definition) is 3. The van der Waals surface area contributed by atoms with Crippen molar-refractivity contribution in [2.24, 2.45) is 16.6 Å². The second kappa shape index (κ2) is 8.72. The molecule has 1 aliphatic heterocycles. The van der Waals surface area contributed by atoms with Crippen molar-refractivity contribution < 1.29 is 9.47 Å². The van der Waals surface area contributed by atoms with Gasteiger partial charge in [0.2, 0.25) is 0 Å². The first-order valence-electron chi connectivity index (χ1n) is 9.04. The van der Waals surface area contributed by atoms with Crippen molar-refractivity contribution >= 4 is 11.6 Å². The zero-order valence-electron chi connectivity index (χ0n) is 15.5. The summed E-state index contributed by atoms with van der Waals surface area (Å²) in [7, 11) is 0. The van der Waals surface area contributed by atoms with Crippen LogP contribution in [0, 0.1) is 19.8 Å². The summed E-state index contributed by atoms with van der Waals surface area (Å²) in [6, 6.07) is 14.2. The average molecular weight is 353 g/mol. The Labute approximate surface area is 155 Å². The van der Waals surface area contributed by atoms with E-state index in [1.807, 2.05) is 24.3 Å². The van der Waals surface area contributed by atoms with Crippen LogP contribution < -0.4 is 15.8 Å². The molecule has 1 atom stereocenters. The molecule has 0 spiro atoms. The molecule has 1 heterocycles. The van der Waals surface area contributed by atoms with Crippen molar-refractivity contribution in [3.05, 3.63) is 59.2 Å². The number of aryl methyl sites for hydroxylation is 2. The van der Waals surface area contributed by atoms with Crippen LogP contribution in [0.1, 0.15) is 23.1 Å². The molecule has 1 unspecified atom stereocenters. The van der Waals surface area contributed by atoms with E-state index >= 15 is 0 Å². The third-order valence-corrected chi connectivity index (χ3v) is 4.46. The van der Waals surface area contributed by atoms with Crippen molar-refractivity contribution in [2.45, 2.75) is 26.8 Å². The molecule has 0 amide bonds. The molecule has 0 saturated carbocycles. The number of nitrogens with zero attached hydrogens (tertiary/aromatic N) is 1. The summed E-state index contributed by atoms with van der Waals surface area (Å²) < 4.78 is 11.5. The lowest BCUT2D eigenvalue weighted by molar-refractivity contribution is 0.166. The topological polar surface area (TPSA) is 68.9 Å². The van der Waals surface area contributed by atoms with Crippen molar-refractivity contribution in [3.8, 4) is 5.75 Å². The molecule has 2 aromatic carbocycles. The summed E-state index contributed by atoms with van der Waals surface area (Å²) in [5.74, 6) is 1.74. The molecule has 5 nitrogen and oxygen atoms in total. The molecular formula is C21H27N3O2. The minimum absolute atomic E-state index is 0.393. The maximum atomic E-state index is 6.06. The van der Waals surface area contributed by atoms with Crippen LogP contribution in [0.15, 0.2) is 47.5 Å². The molecule has 0 radical (unpaired) electrons. The number of ether oxygens (including phenoxy) is 2. The minimum Gasteiger partial charge on any atom is -0.493 e. The van der Waals surface area contributed by atoms with E-state index in [1.165, 1.54) is 11.1 Å². The van der Waals surface area contributed by atoms with Gasteiger partial charge in [0.15, 0.2) is 5.96 Å². The van der Waals surface area contributed by atoms with Gasteiger partial charge in [0.25, 0.3) is 0 Å². The number of hydrogen-bond donors (Lipinski definition) is 2. The lowest BCUT2D eigenvalue weighted by Crippen LogP contribution is -2.22. The van der Waals surface area contributed by atoms with Gasteiger partial charge < -0.3 is 20.5 Å². The molecule has 1 aliphatic rings. The van der Waals surface area contributed by atoms with E-state index in [0.29, 0.717) is 25.0 Å². The van der Waals surface area contributed by atoms with E-state index in [2.05, 4.69) is 42.4 Å². The molecule has 2 aromatic rings. The zero-order valence-corrected chi connectivity index (χ0v) is 15.5. The van der Waals surface area contributed by atoms with Gasteiger partial charge in [-0.25, -0.2) is 4.99 Å². The molecule has 1 saturated heterocycles. The Balaban J connectivity index is 1.63. The van der Waals surface area contributed by atoms with Crippen LogP contribution in [0.2, 0.25) is 0 Å². The third kappa shape index (κ3) is 5.23. The largest absolute Gasteiger partial charge is 0.493 e. The molecule has 1 fully saturated rings. The van der Waals surface area contributed by atoms with Crippen LogP contribution in [0.3, 0.4) is 0 Å². The maximum Gasteiger partial charge on any atom is 0.193 e. The van der Waals surface area contributed by atoms with Crippen LogP contribution in [0.5, 0.6) is 5.75 Å². The second-order valence-electron chi connectivity index (χ2n) is 6.84. The maximum absolute atomic E-state index is 6.06. The fraction of sp³-hybridized carbons (Fsp3) is 0.381. The summed E-state index contributed by atoms with van der Waals surface area (Å²) in [6.07, 6.45) is 1.06. The Morgan fingerprint density at radius 2 is 1.96 bits per heavy atom. The van der Waals surface area contributed by atoms with Crippen molar-refractivity contribution in [2.75, 3.05) is 25.1 Å². The fourth-order valence-corrected chi connectivity index (χ4v) is 2.84. The summed E-state index contributed by atoms with van der Waals surface area (Å²) in [5, 5.41) is 3.12. The predicted molar refractivity (Wildman–Crippen MR) is 106 cm³/mol. The highest BCUT2D eigenvalue weighted by Gasteiger charge is 2.17. The number of guanidine groups is 1. The molecule has 5 heteroatoms. The van der Waals surface area contributed by atoms with E-state index in [4.69, 9.17) is 15.2 Å². The van der Waals surface area contributed by atoms with Crippen LogP contribution in [-0.2, 0) is 11.3 Å². The Bertz CT molecular complexity index is 750. The third-order valence-electron chi connectivity index (χ3n) is 4.46. The number of nitrogens with one attached hydrogen (secondary N) is 1. The molecule has 0 aliphatic carbocycles. The van der Waals surface area contributed by atoms with Crippen LogP contribution in [-0.4, -0.2) is 25.8 Å². The van der Waals surface area contributed by atoms with Crippen molar-refractivity contribution in [3.63, 3.8) is 0 Å². The van der Waals surface area contributed by atoms with E-state index in [-0.39, 0.29) is 0 Å². The lowest BCUT2D eigenvalue weighted by Gasteiger charge is -2.14. The SMILES string of the molecule is Cc1ccc(NC(N)=NCc2ccc(C)cc2OCC2CCOC2)cc1. The van der Waals surface area contributed by atoms with Gasteiger partial charge in [0.1, 0.15) is 5.75 Å². The predicted octanol–water partition coefficient (Wildman–Crippen LogP) is 3.65. The van der Waals surface area contributed by atoms with Gasteiger partial charge in [0.05, 0.1) is 19.8 Å². The van der Waals surface area contributed by atoms with Crippen LogP contribution in [0.4, 0.5) is 5.69 Å². The Morgan fingerprint density at radius 1 is 1.19 bits per heavy atom. The molecule has 0 aromatic heterocycles. The molecule has 3 N–H and O–H groups in total. The Morgan fingerprint density at radius 3 is 2.69 bits per heavy atom. The highest BCUT2D eigenvalue weighted by molar-refractivity contribution is 5.92. The van der Waals surface area contributed by atoms with E-state index in [1.54, 1.807) is 0 Å². The van der Waals surface area contributed by atoms with Gasteiger partial charge in [-0.05, 0) is 44.0 Å². The van der Waals surface area contributed by atoms with E-state index in [9.17, 15) is 0 Å². The molecule has 26 heavy (non-hydrogen) atoms. The molecule has 138 valence electrons. The van der Waals surface area contributed by atoms with Crippen molar-refractivity contribution in [1.82, 2.24) is 0 Å². The monoisotopic (exact) mass is 353 g/mol. The average Bonchev–Trinajstić information content (AvgIpc) is 3.14. The van der Waals surface area contributed by atoms with Gasteiger partial charge in [-0.2, -0.15) is 0 Å². The summed E-state index contributed by atoms with van der Waals surface area (Å²) >= 11 is 0. The van der Waals surface area contributed by atoms with Crippen LogP contribution >= 0.6 is 0 Å². The minimum atomic E-state index is 0.393. The Kier molecular flexibility index (Phi) is 6.12. The van der Waals surface area contributed by atoms with E-state index < -0.39 is 0 Å². The highest BCUT2D eigenvalue weighted by Crippen LogP contribution is 2.23. The summed E-state index contributed by atoms with van der Waals surface area (Å²) in [4.78, 5) is 4.46. The fourth-order valence-electron chi connectivity index (χ4n) is 2.84. The van der Waals surface area contributed by atoms with Gasteiger partial charge in [-0.1, -0.05) is 29.8 Å². The Hall–Kier alpha value is -2.53. The van der Waals surface area contributed by atoms with Gasteiger partial charge in [-0.15, -0.1) is 0 Å². The number of aliphatic imine (C=N–C) groups is 1. The zero-order chi connectivity index (χ0) is 18.4. The first-order valence-corrected chi connectivity index (χ1v) is 9.04. The first-order chi connectivity index (χ1) is 12.6. The standard InChI is InChI=1S/C21H27N3O2/c1-15-4-7-19(8-5-15)24-21(22)23-12-18-6-3-16(2)11-20(18)26-14-17-9-10-25-13-17/h3-8,11,17H,9-10,12-14H2,1-2H3,(H3,22,23,24). The van der Waals surface area contributed by atoms with Gasteiger partial charge in [-0.3, -0.25) is 0 Å². The number of nitrogens with two attached hydrogens (primary N) is 1. The number of anilines is 1. The second-order valence-corrected chi connectivity index (χ2v) is 6.84. The smallest absolute Gasteiger partial charge is 0.193 e. The number of benzene rings is 2. The summed E-state index contributed by atoms with van der Waals surface area (Å²) in [6.45, 7) is 6.88. The lowest BCUT2D eigenvalue weighted by atomic mass is 10.1. The van der Waals surface area contributed by atoms with Crippen molar-refractivity contribution in [1.29, 1.82) is 0 Å². The van der Waals surface area contributed by atoms with E-state index in [0.717, 1.165) is 36.6 Å². The molecular weight excluding hydrogens is 326 g/mol. The van der Waals surface area contributed by atoms with Gasteiger partial charge >= 0.3 is 0 Å². The normalized spacial score (nSPS) is 17.3. The quantitative estimate of drug-likeness (QED) is 0.614. The number of rotatable bonds is 6. The highest BCUT2D eigenvalue weighted by atomic mass is 16.5. The van der Waals surface area contributed by atoms with Gasteiger partial charge in [0, 0.05) is 23.8 Å². The first kappa shape index (κ1) is 18.3. The van der Waals surface area contributed by atoms with Crippen LogP contribution in [0.25, 0.3) is 0 Å². The molecule has 0 bridgehead atoms. The molecule has 3 rings (SSSR count). The summed E-state index contributed by atoms with van der Waals surface area (Å²) in [5.41, 5.74) is 10.4.